The summed E-state index contributed by atoms with van der Waals surface area (Å²) >= 11 is 0. The van der Waals surface area contributed by atoms with Gasteiger partial charge < -0.3 is 15.0 Å². The van der Waals surface area contributed by atoms with Gasteiger partial charge in [-0.25, -0.2) is 9.67 Å². The van der Waals surface area contributed by atoms with E-state index in [0.717, 1.165) is 16.8 Å². The third-order valence-electron chi connectivity index (χ3n) is 3.89. The molecule has 2 aromatic rings. The number of morpholine rings is 1. The average Bonchev–Trinajstić information content (AvgIpc) is 3.09. The fourth-order valence-electron chi connectivity index (χ4n) is 2.65. The van der Waals surface area contributed by atoms with E-state index in [1.807, 2.05) is 4.90 Å². The van der Waals surface area contributed by atoms with Crippen LogP contribution in [0.4, 0.5) is 24.5 Å². The molecule has 0 saturated carbocycles. The first-order valence-electron chi connectivity index (χ1n) is 8.00. The maximum Gasteiger partial charge on any atom is 0.416 e. The zero-order valence-corrected chi connectivity index (χ0v) is 14.0. The number of rotatable bonds is 4. The summed E-state index contributed by atoms with van der Waals surface area (Å²) in [6.45, 7) is 1.62. The summed E-state index contributed by atoms with van der Waals surface area (Å²) in [6, 6.07) is 4.96. The zero-order valence-electron chi connectivity index (χ0n) is 14.0. The van der Waals surface area contributed by atoms with Gasteiger partial charge in [-0.2, -0.15) is 18.4 Å². The fourth-order valence-corrected chi connectivity index (χ4v) is 2.65. The molecule has 1 amide bonds. The Kier molecular flexibility index (Phi) is 5.27. The van der Waals surface area contributed by atoms with Crippen molar-refractivity contribution in [1.82, 2.24) is 14.8 Å². The molecule has 0 unspecified atom stereocenters. The summed E-state index contributed by atoms with van der Waals surface area (Å²) in [5.41, 5.74) is -0.323. The maximum atomic E-state index is 13.1. The number of carbonyl (C=O) groups excluding carboxylic acids is 1. The average molecular weight is 380 g/mol. The number of aromatic nitrogens is 3. The minimum Gasteiger partial charge on any atom is -0.378 e. The molecule has 1 fully saturated rings. The van der Waals surface area contributed by atoms with E-state index in [1.165, 1.54) is 12.4 Å². The Morgan fingerprint density at radius 3 is 2.70 bits per heavy atom. The first-order chi connectivity index (χ1) is 12.9. The van der Waals surface area contributed by atoms with Crippen molar-refractivity contribution in [2.45, 2.75) is 12.7 Å². The Morgan fingerprint density at radius 1 is 1.33 bits per heavy atom. The fraction of sp³-hybridized carbons (Fsp3) is 0.375. The minimum atomic E-state index is -4.53. The van der Waals surface area contributed by atoms with Crippen LogP contribution in [-0.4, -0.2) is 47.0 Å². The van der Waals surface area contributed by atoms with Crippen LogP contribution in [0.25, 0.3) is 0 Å². The molecular weight excluding hydrogens is 365 g/mol. The molecule has 1 aliphatic heterocycles. The van der Waals surface area contributed by atoms with Crippen molar-refractivity contribution in [3.8, 4) is 6.07 Å². The molecule has 8 nitrogen and oxygen atoms in total. The van der Waals surface area contributed by atoms with Gasteiger partial charge in [-0.3, -0.25) is 4.79 Å². The molecule has 1 aliphatic rings. The van der Waals surface area contributed by atoms with E-state index in [2.05, 4.69) is 15.4 Å². The van der Waals surface area contributed by atoms with Crippen molar-refractivity contribution in [2.24, 2.45) is 0 Å². The summed E-state index contributed by atoms with van der Waals surface area (Å²) in [6.07, 6.45) is -3.33. The number of hydrogen-bond donors (Lipinski definition) is 1. The van der Waals surface area contributed by atoms with Gasteiger partial charge in [0.05, 0.1) is 30.2 Å². The molecule has 1 aromatic carbocycles. The number of benzene rings is 1. The number of nitrogens with one attached hydrogen (secondary N) is 1. The van der Waals surface area contributed by atoms with Crippen LogP contribution in [0, 0.1) is 11.3 Å². The molecule has 0 aliphatic carbocycles. The highest BCUT2D eigenvalue weighted by Gasteiger charge is 2.32. The quantitative estimate of drug-likeness (QED) is 0.866. The summed E-state index contributed by atoms with van der Waals surface area (Å²) in [7, 11) is 0. The summed E-state index contributed by atoms with van der Waals surface area (Å²) in [5, 5.41) is 15.0. The number of carbonyl (C=O) groups is 1. The van der Waals surface area contributed by atoms with Crippen molar-refractivity contribution < 1.29 is 22.7 Å². The van der Waals surface area contributed by atoms with Crippen LogP contribution in [-0.2, 0) is 22.3 Å². The van der Waals surface area contributed by atoms with Crippen LogP contribution in [0.1, 0.15) is 11.4 Å². The van der Waals surface area contributed by atoms with E-state index in [9.17, 15) is 18.0 Å². The van der Waals surface area contributed by atoms with E-state index in [-0.39, 0.29) is 18.1 Å². The van der Waals surface area contributed by atoms with Gasteiger partial charge in [-0.1, -0.05) is 0 Å². The van der Waals surface area contributed by atoms with Crippen molar-refractivity contribution >= 4 is 17.3 Å². The van der Waals surface area contributed by atoms with Crippen molar-refractivity contribution in [3.05, 3.63) is 35.9 Å². The maximum absolute atomic E-state index is 13.1. The third kappa shape index (κ3) is 4.53. The highest BCUT2D eigenvalue weighted by atomic mass is 19.4. The number of halogens is 3. The van der Waals surface area contributed by atoms with Crippen LogP contribution in [0.3, 0.4) is 0 Å². The monoisotopic (exact) mass is 380 g/mol. The second-order valence-electron chi connectivity index (χ2n) is 5.75. The van der Waals surface area contributed by atoms with E-state index >= 15 is 0 Å². The van der Waals surface area contributed by atoms with Gasteiger partial charge in [0.25, 0.3) is 5.82 Å². The number of nitrogens with zero attached hydrogens (tertiary/aromatic N) is 5. The van der Waals surface area contributed by atoms with Crippen molar-refractivity contribution in [1.29, 1.82) is 5.26 Å². The molecule has 2 heterocycles. The summed E-state index contributed by atoms with van der Waals surface area (Å²) in [5.74, 6) is -0.686. The highest BCUT2D eigenvalue weighted by molar-refractivity contribution is 5.94. The molecule has 1 saturated heterocycles. The van der Waals surface area contributed by atoms with Crippen LogP contribution < -0.4 is 10.2 Å². The lowest BCUT2D eigenvalue weighted by molar-refractivity contribution is -0.137. The van der Waals surface area contributed by atoms with Crippen LogP contribution in [0.2, 0.25) is 0 Å². The normalized spacial score (nSPS) is 14.7. The standard InChI is InChI=1S/C16H15F3N6O2/c17-16(18,19)11-1-2-13(24-3-5-27-6-4-24)12(7-11)22-15(26)9-25-10-21-14(8-20)23-25/h1-2,7,10H,3-6,9H2,(H,22,26). The zero-order chi connectivity index (χ0) is 19.4. The number of anilines is 2. The van der Waals surface area contributed by atoms with Crippen LogP contribution in [0.15, 0.2) is 24.5 Å². The van der Waals surface area contributed by atoms with E-state index < -0.39 is 17.6 Å². The molecule has 11 heteroatoms. The topological polar surface area (TPSA) is 96.1 Å². The van der Waals surface area contributed by atoms with Crippen molar-refractivity contribution in [2.75, 3.05) is 36.5 Å². The van der Waals surface area contributed by atoms with E-state index in [4.69, 9.17) is 10.00 Å². The van der Waals surface area contributed by atoms with Gasteiger partial charge in [0.15, 0.2) is 0 Å². The largest absolute Gasteiger partial charge is 0.416 e. The summed E-state index contributed by atoms with van der Waals surface area (Å²) in [4.78, 5) is 17.8. The predicted molar refractivity (Wildman–Crippen MR) is 87.8 cm³/mol. The number of ether oxygens (including phenoxy) is 1. The van der Waals surface area contributed by atoms with Gasteiger partial charge in [0, 0.05) is 13.1 Å². The van der Waals surface area contributed by atoms with Gasteiger partial charge >= 0.3 is 6.18 Å². The first-order valence-corrected chi connectivity index (χ1v) is 8.00. The SMILES string of the molecule is N#Cc1ncn(CC(=O)Nc2cc(C(F)(F)F)ccc2N2CCOCC2)n1. The molecule has 3 rings (SSSR count). The lowest BCUT2D eigenvalue weighted by Gasteiger charge is -2.31. The Hall–Kier alpha value is -3.13. The second kappa shape index (κ2) is 7.63. The Labute approximate surface area is 152 Å². The number of amides is 1. The number of alkyl halides is 3. The first kappa shape index (κ1) is 18.7. The van der Waals surface area contributed by atoms with Gasteiger partial charge in [0.1, 0.15) is 18.9 Å². The lowest BCUT2D eigenvalue weighted by Crippen LogP contribution is -2.37. The molecule has 0 atom stereocenters. The highest BCUT2D eigenvalue weighted by Crippen LogP contribution is 2.35. The lowest BCUT2D eigenvalue weighted by atomic mass is 10.1. The molecule has 142 valence electrons. The minimum absolute atomic E-state index is 0.0531. The molecule has 27 heavy (non-hydrogen) atoms. The Bertz CT molecular complexity index is 868. The van der Waals surface area contributed by atoms with Crippen LogP contribution >= 0.6 is 0 Å². The van der Waals surface area contributed by atoms with E-state index in [0.29, 0.717) is 32.0 Å². The molecule has 1 N–H and O–H groups in total. The van der Waals surface area contributed by atoms with Crippen LogP contribution in [0.5, 0.6) is 0 Å². The van der Waals surface area contributed by atoms with Gasteiger partial charge in [-0.15, -0.1) is 5.10 Å². The molecule has 0 radical (unpaired) electrons. The Morgan fingerprint density at radius 2 is 2.07 bits per heavy atom. The molecule has 0 spiro atoms. The van der Waals surface area contributed by atoms with Gasteiger partial charge in [0.2, 0.25) is 5.91 Å². The van der Waals surface area contributed by atoms with E-state index in [1.54, 1.807) is 6.07 Å². The molecular formula is C16H15F3N6O2. The molecule has 1 aromatic heterocycles. The second-order valence-corrected chi connectivity index (χ2v) is 5.75. The number of hydrogen-bond acceptors (Lipinski definition) is 6. The predicted octanol–water partition coefficient (Wildman–Crippen LogP) is 1.64. The third-order valence-corrected chi connectivity index (χ3v) is 3.89. The number of nitriles is 1. The molecule has 0 bridgehead atoms. The van der Waals surface area contributed by atoms with Crippen molar-refractivity contribution in [3.63, 3.8) is 0 Å². The smallest absolute Gasteiger partial charge is 0.378 e. The van der Waals surface area contributed by atoms with Gasteiger partial charge in [-0.05, 0) is 18.2 Å². The summed E-state index contributed by atoms with van der Waals surface area (Å²) < 4.78 is 45.6. The Balaban J connectivity index is 1.83.